The zero-order valence-electron chi connectivity index (χ0n) is 10.2. The summed E-state index contributed by atoms with van der Waals surface area (Å²) in [5.74, 6) is -0.916. The van der Waals surface area contributed by atoms with E-state index in [1.54, 1.807) is 6.07 Å². The molecule has 0 atom stereocenters. The molecule has 2 aromatic rings. The molecule has 19 heavy (non-hydrogen) atoms. The molecule has 2 rings (SSSR count). The molecule has 1 amide bonds. The maximum Gasteiger partial charge on any atom is 0.325 e. The van der Waals surface area contributed by atoms with E-state index in [0.717, 1.165) is 0 Å². The molecule has 0 radical (unpaired) electrons. The number of benzene rings is 1. The summed E-state index contributed by atoms with van der Waals surface area (Å²) < 4.78 is 4.44. The molecule has 2 N–H and O–H groups in total. The van der Waals surface area contributed by atoms with Gasteiger partial charge >= 0.3 is 5.97 Å². The first-order chi connectivity index (χ1) is 9.11. The molecule has 6 heteroatoms. The van der Waals surface area contributed by atoms with Crippen LogP contribution < -0.4 is 5.32 Å². The van der Waals surface area contributed by atoms with Gasteiger partial charge in [0.15, 0.2) is 0 Å². The summed E-state index contributed by atoms with van der Waals surface area (Å²) >= 11 is 0. The molecule has 1 heterocycles. The van der Waals surface area contributed by atoms with Gasteiger partial charge < -0.3 is 15.2 Å². The summed E-state index contributed by atoms with van der Waals surface area (Å²) in [6, 6.07) is 6.08. The van der Waals surface area contributed by atoms with E-state index in [1.807, 2.05) is 0 Å². The maximum absolute atomic E-state index is 12.0. The molecule has 0 fully saturated rings. The Balaban J connectivity index is 2.31. The number of nitrogens with zero attached hydrogens (tertiary/aromatic N) is 1. The quantitative estimate of drug-likeness (QED) is 0.798. The van der Waals surface area contributed by atoms with Crippen LogP contribution in [0.15, 0.2) is 30.5 Å². The number of phenols is 1. The highest BCUT2D eigenvalue weighted by Crippen LogP contribution is 2.21. The predicted molar refractivity (Wildman–Crippen MR) is 67.8 cm³/mol. The lowest BCUT2D eigenvalue weighted by Gasteiger charge is -2.07. The second-order valence-corrected chi connectivity index (χ2v) is 3.82. The van der Waals surface area contributed by atoms with E-state index in [1.165, 1.54) is 31.5 Å². The van der Waals surface area contributed by atoms with Crippen molar-refractivity contribution in [2.45, 2.75) is 0 Å². The number of rotatable bonds is 3. The number of esters is 1. The monoisotopic (exact) mass is 260 g/mol. The molecule has 0 saturated carbocycles. The number of amides is 1. The van der Waals surface area contributed by atoms with Crippen molar-refractivity contribution in [3.63, 3.8) is 0 Å². The van der Waals surface area contributed by atoms with Crippen LogP contribution >= 0.6 is 0 Å². The van der Waals surface area contributed by atoms with Gasteiger partial charge in [0.1, 0.15) is 12.3 Å². The van der Waals surface area contributed by atoms with E-state index >= 15 is 0 Å². The summed E-state index contributed by atoms with van der Waals surface area (Å²) in [5, 5.41) is 12.4. The molecule has 0 saturated heterocycles. The standard InChI is InChI=1S/C13H12N2O4/c1-19-12(17)7-15-13(18)9-4-5-14-11-3-2-8(16)6-10(9)11/h2-6,16H,7H2,1H3,(H,15,18). The molecule has 0 aliphatic carbocycles. The predicted octanol–water partition coefficient (Wildman–Crippen LogP) is 0.843. The van der Waals surface area contributed by atoms with Gasteiger partial charge in [-0.1, -0.05) is 0 Å². The summed E-state index contributed by atoms with van der Waals surface area (Å²) in [5.41, 5.74) is 0.924. The molecule has 1 aromatic heterocycles. The zero-order chi connectivity index (χ0) is 13.8. The number of aromatic hydroxyl groups is 1. The Hall–Kier alpha value is -2.63. The second kappa shape index (κ2) is 5.34. The Morgan fingerprint density at radius 2 is 2.16 bits per heavy atom. The van der Waals surface area contributed by atoms with E-state index in [0.29, 0.717) is 16.5 Å². The van der Waals surface area contributed by atoms with E-state index in [-0.39, 0.29) is 12.3 Å². The molecule has 0 aliphatic rings. The van der Waals surface area contributed by atoms with E-state index in [2.05, 4.69) is 15.0 Å². The highest BCUT2D eigenvalue weighted by Gasteiger charge is 2.12. The van der Waals surface area contributed by atoms with Crippen LogP contribution in [-0.4, -0.2) is 35.6 Å². The van der Waals surface area contributed by atoms with Crippen molar-refractivity contribution in [2.75, 3.05) is 13.7 Å². The number of nitrogens with one attached hydrogen (secondary N) is 1. The Morgan fingerprint density at radius 3 is 2.89 bits per heavy atom. The van der Waals surface area contributed by atoms with Gasteiger partial charge in [0.25, 0.3) is 5.91 Å². The van der Waals surface area contributed by atoms with E-state index < -0.39 is 11.9 Å². The number of hydrogen-bond acceptors (Lipinski definition) is 5. The van der Waals surface area contributed by atoms with Gasteiger partial charge in [-0.25, -0.2) is 0 Å². The first kappa shape index (κ1) is 12.8. The number of phenolic OH excluding ortho intramolecular Hbond substituents is 1. The van der Waals surface area contributed by atoms with Crippen LogP contribution in [0.2, 0.25) is 0 Å². The SMILES string of the molecule is COC(=O)CNC(=O)c1ccnc2ccc(O)cc12. The highest BCUT2D eigenvalue weighted by atomic mass is 16.5. The molecular weight excluding hydrogens is 248 g/mol. The van der Waals surface area contributed by atoms with Gasteiger partial charge in [-0.05, 0) is 24.3 Å². The fourth-order valence-corrected chi connectivity index (χ4v) is 1.65. The lowest BCUT2D eigenvalue weighted by molar-refractivity contribution is -0.139. The topological polar surface area (TPSA) is 88.5 Å². The average Bonchev–Trinajstić information content (AvgIpc) is 2.43. The lowest BCUT2D eigenvalue weighted by Crippen LogP contribution is -2.30. The van der Waals surface area contributed by atoms with Gasteiger partial charge in [-0.15, -0.1) is 0 Å². The van der Waals surface area contributed by atoms with Crippen molar-refractivity contribution < 1.29 is 19.4 Å². The van der Waals surface area contributed by atoms with Crippen molar-refractivity contribution >= 4 is 22.8 Å². The van der Waals surface area contributed by atoms with Gasteiger partial charge in [-0.2, -0.15) is 0 Å². The Bertz CT molecular complexity index is 640. The first-order valence-corrected chi connectivity index (χ1v) is 5.54. The number of carbonyl (C=O) groups is 2. The number of carbonyl (C=O) groups excluding carboxylic acids is 2. The van der Waals surface area contributed by atoms with Gasteiger partial charge in [0, 0.05) is 11.6 Å². The molecule has 1 aromatic carbocycles. The molecular formula is C13H12N2O4. The average molecular weight is 260 g/mol. The van der Waals surface area contributed by atoms with Gasteiger partial charge in [0.05, 0.1) is 18.2 Å². The van der Waals surface area contributed by atoms with Crippen LogP contribution in [0, 0.1) is 0 Å². The van der Waals surface area contributed by atoms with Crippen LogP contribution in [0.25, 0.3) is 10.9 Å². The van der Waals surface area contributed by atoms with Crippen molar-refractivity contribution in [1.82, 2.24) is 10.3 Å². The third-order valence-corrected chi connectivity index (χ3v) is 2.59. The Labute approximate surface area is 109 Å². The van der Waals surface area contributed by atoms with Crippen molar-refractivity contribution in [3.05, 3.63) is 36.0 Å². The zero-order valence-corrected chi connectivity index (χ0v) is 10.2. The molecule has 98 valence electrons. The summed E-state index contributed by atoms with van der Waals surface area (Å²) in [7, 11) is 1.24. The molecule has 0 bridgehead atoms. The Kier molecular flexibility index (Phi) is 3.61. The van der Waals surface area contributed by atoms with Crippen LogP contribution in [0.3, 0.4) is 0 Å². The molecule has 6 nitrogen and oxygen atoms in total. The van der Waals surface area contributed by atoms with Gasteiger partial charge in [-0.3, -0.25) is 14.6 Å². The second-order valence-electron chi connectivity index (χ2n) is 3.82. The van der Waals surface area contributed by atoms with Crippen molar-refractivity contribution in [2.24, 2.45) is 0 Å². The third kappa shape index (κ3) is 2.79. The number of fused-ring (bicyclic) bond motifs is 1. The lowest BCUT2D eigenvalue weighted by atomic mass is 10.1. The van der Waals surface area contributed by atoms with Crippen LogP contribution in [0.5, 0.6) is 5.75 Å². The summed E-state index contributed by atoms with van der Waals surface area (Å²) in [6.07, 6.45) is 1.49. The number of aromatic nitrogens is 1. The Morgan fingerprint density at radius 1 is 1.37 bits per heavy atom. The van der Waals surface area contributed by atoms with Crippen LogP contribution in [0.1, 0.15) is 10.4 Å². The summed E-state index contributed by atoms with van der Waals surface area (Å²) in [6.45, 7) is -0.210. The fourth-order valence-electron chi connectivity index (χ4n) is 1.65. The largest absolute Gasteiger partial charge is 0.508 e. The molecule has 0 spiro atoms. The van der Waals surface area contributed by atoms with Crippen molar-refractivity contribution in [3.8, 4) is 5.75 Å². The molecule has 0 unspecified atom stereocenters. The summed E-state index contributed by atoms with van der Waals surface area (Å²) in [4.78, 5) is 27.0. The first-order valence-electron chi connectivity index (χ1n) is 5.54. The van der Waals surface area contributed by atoms with E-state index in [4.69, 9.17) is 0 Å². The maximum atomic E-state index is 12.0. The van der Waals surface area contributed by atoms with Crippen molar-refractivity contribution in [1.29, 1.82) is 0 Å². The van der Waals surface area contributed by atoms with Gasteiger partial charge in [0.2, 0.25) is 0 Å². The minimum Gasteiger partial charge on any atom is -0.508 e. The number of ether oxygens (including phenoxy) is 1. The molecule has 0 aliphatic heterocycles. The highest BCUT2D eigenvalue weighted by molar-refractivity contribution is 6.06. The van der Waals surface area contributed by atoms with E-state index in [9.17, 15) is 14.7 Å². The smallest absolute Gasteiger partial charge is 0.325 e. The number of hydrogen-bond donors (Lipinski definition) is 2. The van der Waals surface area contributed by atoms with Crippen LogP contribution in [0.4, 0.5) is 0 Å². The fraction of sp³-hybridized carbons (Fsp3) is 0.154. The minimum atomic E-state index is -0.533. The minimum absolute atomic E-state index is 0.0440. The number of methoxy groups -OCH3 is 1. The number of pyridine rings is 1. The third-order valence-electron chi connectivity index (χ3n) is 2.59. The van der Waals surface area contributed by atoms with Crippen LogP contribution in [-0.2, 0) is 9.53 Å². The normalized spacial score (nSPS) is 10.2.